The SMILES string of the molecule is CC1CC(C)CC2(CC(=O)c3cc(Cl)ccc3O2)C1. The molecule has 19 heavy (non-hydrogen) atoms. The maximum atomic E-state index is 12.4. The van der Waals surface area contributed by atoms with Gasteiger partial charge in [0.1, 0.15) is 11.4 Å². The molecule has 3 rings (SSSR count). The minimum Gasteiger partial charge on any atom is -0.486 e. The van der Waals surface area contributed by atoms with Crippen molar-refractivity contribution in [1.82, 2.24) is 0 Å². The van der Waals surface area contributed by atoms with Crippen molar-refractivity contribution < 1.29 is 9.53 Å². The van der Waals surface area contributed by atoms with Crippen LogP contribution < -0.4 is 4.74 Å². The van der Waals surface area contributed by atoms with Gasteiger partial charge in [-0.1, -0.05) is 25.4 Å². The van der Waals surface area contributed by atoms with Crippen LogP contribution >= 0.6 is 11.6 Å². The van der Waals surface area contributed by atoms with Gasteiger partial charge < -0.3 is 4.74 Å². The average Bonchev–Trinajstić information content (AvgIpc) is 2.28. The zero-order valence-electron chi connectivity index (χ0n) is 11.4. The van der Waals surface area contributed by atoms with Gasteiger partial charge in [0.2, 0.25) is 0 Å². The van der Waals surface area contributed by atoms with Gasteiger partial charge in [-0.2, -0.15) is 0 Å². The zero-order valence-corrected chi connectivity index (χ0v) is 12.2. The Bertz CT molecular complexity index is 513. The highest BCUT2D eigenvalue weighted by Gasteiger charge is 2.45. The summed E-state index contributed by atoms with van der Waals surface area (Å²) in [6, 6.07) is 5.35. The summed E-state index contributed by atoms with van der Waals surface area (Å²) >= 11 is 5.96. The molecule has 0 aromatic heterocycles. The fourth-order valence-corrected chi connectivity index (χ4v) is 4.07. The number of fused-ring (bicyclic) bond motifs is 1. The molecule has 1 aromatic rings. The minimum atomic E-state index is -0.283. The van der Waals surface area contributed by atoms with Crippen molar-refractivity contribution in [3.05, 3.63) is 28.8 Å². The Balaban J connectivity index is 1.96. The largest absolute Gasteiger partial charge is 0.486 e. The van der Waals surface area contributed by atoms with E-state index in [1.54, 1.807) is 12.1 Å². The molecule has 0 radical (unpaired) electrons. The lowest BCUT2D eigenvalue weighted by atomic mass is 9.70. The van der Waals surface area contributed by atoms with Gasteiger partial charge in [-0.05, 0) is 49.3 Å². The van der Waals surface area contributed by atoms with Crippen molar-refractivity contribution in [3.63, 3.8) is 0 Å². The molecule has 1 aliphatic heterocycles. The number of rotatable bonds is 0. The van der Waals surface area contributed by atoms with Crippen molar-refractivity contribution in [1.29, 1.82) is 0 Å². The molecule has 1 heterocycles. The molecule has 1 aliphatic carbocycles. The quantitative estimate of drug-likeness (QED) is 0.698. The number of Topliss-reactive ketones (excluding diaryl/α,β-unsaturated/α-hetero) is 1. The summed E-state index contributed by atoms with van der Waals surface area (Å²) in [4.78, 5) is 12.4. The van der Waals surface area contributed by atoms with E-state index in [2.05, 4.69) is 13.8 Å². The Morgan fingerprint density at radius 1 is 1.26 bits per heavy atom. The summed E-state index contributed by atoms with van der Waals surface area (Å²) in [6.07, 6.45) is 3.68. The molecule has 2 unspecified atom stereocenters. The number of ketones is 1. The van der Waals surface area contributed by atoms with Crippen LogP contribution in [0, 0.1) is 11.8 Å². The van der Waals surface area contributed by atoms with Crippen LogP contribution in [0.1, 0.15) is 49.9 Å². The number of carbonyl (C=O) groups is 1. The van der Waals surface area contributed by atoms with E-state index >= 15 is 0 Å². The molecule has 1 fully saturated rings. The van der Waals surface area contributed by atoms with Crippen LogP contribution in [0.2, 0.25) is 5.02 Å². The molecule has 102 valence electrons. The van der Waals surface area contributed by atoms with Crippen molar-refractivity contribution in [3.8, 4) is 5.75 Å². The molecule has 3 heteroatoms. The monoisotopic (exact) mass is 278 g/mol. The maximum absolute atomic E-state index is 12.4. The van der Waals surface area contributed by atoms with Gasteiger partial charge in [0, 0.05) is 5.02 Å². The zero-order chi connectivity index (χ0) is 13.6. The second-order valence-electron chi connectivity index (χ2n) is 6.38. The summed E-state index contributed by atoms with van der Waals surface area (Å²) in [5.74, 6) is 2.11. The van der Waals surface area contributed by atoms with Crippen LogP contribution in [0.4, 0.5) is 0 Å². The number of halogens is 1. The molecule has 0 bridgehead atoms. The molecule has 1 saturated carbocycles. The molecular formula is C16H19ClO2. The number of hydrogen-bond donors (Lipinski definition) is 0. The van der Waals surface area contributed by atoms with Gasteiger partial charge in [0.15, 0.2) is 5.78 Å². The second-order valence-corrected chi connectivity index (χ2v) is 6.82. The van der Waals surface area contributed by atoms with E-state index in [0.29, 0.717) is 34.6 Å². The molecule has 1 aromatic carbocycles. The van der Waals surface area contributed by atoms with E-state index in [4.69, 9.17) is 16.3 Å². The molecule has 0 saturated heterocycles. The van der Waals surface area contributed by atoms with Gasteiger partial charge >= 0.3 is 0 Å². The van der Waals surface area contributed by atoms with Crippen LogP contribution in [-0.4, -0.2) is 11.4 Å². The molecule has 2 aliphatic rings. The van der Waals surface area contributed by atoms with Gasteiger partial charge in [0.25, 0.3) is 0 Å². The van der Waals surface area contributed by atoms with Gasteiger partial charge in [-0.15, -0.1) is 0 Å². The van der Waals surface area contributed by atoms with E-state index in [1.165, 1.54) is 6.42 Å². The van der Waals surface area contributed by atoms with Crippen LogP contribution in [0.25, 0.3) is 0 Å². The standard InChI is InChI=1S/C16H19ClO2/c1-10-5-11(2)8-16(7-10)9-14(18)13-6-12(17)3-4-15(13)19-16/h3-4,6,10-11H,5,7-9H2,1-2H3. The van der Waals surface area contributed by atoms with Gasteiger partial charge in [-0.3, -0.25) is 4.79 Å². The number of carbonyl (C=O) groups excluding carboxylic acids is 1. The Labute approximate surface area is 119 Å². The number of hydrogen-bond acceptors (Lipinski definition) is 2. The highest BCUT2D eigenvalue weighted by atomic mass is 35.5. The maximum Gasteiger partial charge on any atom is 0.170 e. The first-order valence-electron chi connectivity index (χ1n) is 6.99. The Kier molecular flexibility index (Phi) is 3.09. The third-order valence-corrected chi connectivity index (χ3v) is 4.53. The first-order valence-corrected chi connectivity index (χ1v) is 7.37. The van der Waals surface area contributed by atoms with Crippen LogP contribution in [0.5, 0.6) is 5.75 Å². The predicted molar refractivity (Wildman–Crippen MR) is 75.9 cm³/mol. The normalized spacial score (nSPS) is 33.9. The third-order valence-electron chi connectivity index (χ3n) is 4.30. The lowest BCUT2D eigenvalue weighted by molar-refractivity contribution is -0.0173. The van der Waals surface area contributed by atoms with Crippen LogP contribution in [0.15, 0.2) is 18.2 Å². The number of ether oxygens (including phenoxy) is 1. The minimum absolute atomic E-state index is 0.171. The van der Waals surface area contributed by atoms with E-state index in [9.17, 15) is 4.79 Å². The summed E-state index contributed by atoms with van der Waals surface area (Å²) in [5, 5.41) is 0.594. The Morgan fingerprint density at radius 3 is 2.63 bits per heavy atom. The molecule has 0 N–H and O–H groups in total. The van der Waals surface area contributed by atoms with E-state index in [1.807, 2.05) is 6.07 Å². The van der Waals surface area contributed by atoms with Crippen molar-refractivity contribution >= 4 is 17.4 Å². The molecule has 2 atom stereocenters. The second kappa shape index (κ2) is 4.52. The van der Waals surface area contributed by atoms with Crippen molar-refractivity contribution in [2.24, 2.45) is 11.8 Å². The third kappa shape index (κ3) is 2.38. The topological polar surface area (TPSA) is 26.3 Å². The van der Waals surface area contributed by atoms with Crippen LogP contribution in [-0.2, 0) is 0 Å². The molecule has 1 spiro atoms. The Hall–Kier alpha value is -1.02. The number of benzene rings is 1. The summed E-state index contributed by atoms with van der Waals surface area (Å²) in [5.41, 5.74) is 0.360. The lowest BCUT2D eigenvalue weighted by Crippen LogP contribution is -2.47. The van der Waals surface area contributed by atoms with Gasteiger partial charge in [0.05, 0.1) is 12.0 Å². The smallest absolute Gasteiger partial charge is 0.170 e. The first kappa shape index (κ1) is 13.0. The predicted octanol–water partition coefficient (Wildman–Crippen LogP) is 4.50. The molecular weight excluding hydrogens is 260 g/mol. The average molecular weight is 279 g/mol. The van der Waals surface area contributed by atoms with Gasteiger partial charge in [-0.25, -0.2) is 0 Å². The van der Waals surface area contributed by atoms with Crippen molar-refractivity contribution in [2.75, 3.05) is 0 Å². The van der Waals surface area contributed by atoms with E-state index < -0.39 is 0 Å². The van der Waals surface area contributed by atoms with E-state index in [0.717, 1.165) is 12.8 Å². The summed E-state index contributed by atoms with van der Waals surface area (Å²) in [7, 11) is 0. The fourth-order valence-electron chi connectivity index (χ4n) is 3.90. The van der Waals surface area contributed by atoms with Crippen LogP contribution in [0.3, 0.4) is 0 Å². The summed E-state index contributed by atoms with van der Waals surface area (Å²) in [6.45, 7) is 4.51. The lowest BCUT2D eigenvalue weighted by Gasteiger charge is -2.45. The van der Waals surface area contributed by atoms with E-state index in [-0.39, 0.29) is 11.4 Å². The first-order chi connectivity index (χ1) is 8.97. The highest BCUT2D eigenvalue weighted by Crippen LogP contribution is 2.45. The fraction of sp³-hybridized carbons (Fsp3) is 0.562. The highest BCUT2D eigenvalue weighted by molar-refractivity contribution is 6.31. The summed E-state index contributed by atoms with van der Waals surface area (Å²) < 4.78 is 6.25. The molecule has 0 amide bonds. The Morgan fingerprint density at radius 2 is 1.95 bits per heavy atom. The molecule has 2 nitrogen and oxygen atoms in total. The van der Waals surface area contributed by atoms with Crippen molar-refractivity contribution in [2.45, 2.75) is 45.1 Å².